The van der Waals surface area contributed by atoms with Crippen LogP contribution >= 0.6 is 11.3 Å². The fourth-order valence-corrected chi connectivity index (χ4v) is 2.72. The first-order valence-electron chi connectivity index (χ1n) is 7.58. The predicted molar refractivity (Wildman–Crippen MR) is 91.5 cm³/mol. The molecule has 3 N–H and O–H groups in total. The van der Waals surface area contributed by atoms with Crippen LogP contribution in [0.4, 0.5) is 18.9 Å². The highest BCUT2D eigenvalue weighted by atomic mass is 32.1. The van der Waals surface area contributed by atoms with Gasteiger partial charge in [0.2, 0.25) is 0 Å². The molecule has 1 aromatic heterocycles. The summed E-state index contributed by atoms with van der Waals surface area (Å²) in [4.78, 5) is 16.6. The van der Waals surface area contributed by atoms with E-state index in [2.05, 4.69) is 10.3 Å². The Kier molecular flexibility index (Phi) is 6.57. The largest absolute Gasteiger partial charge is 0.489 e. The Morgan fingerprint density at radius 2 is 2.12 bits per heavy atom. The first kappa shape index (κ1) is 20.1. The van der Waals surface area contributed by atoms with E-state index >= 15 is 0 Å². The van der Waals surface area contributed by atoms with Crippen molar-refractivity contribution >= 4 is 22.9 Å². The van der Waals surface area contributed by atoms with Gasteiger partial charge < -0.3 is 20.5 Å². The minimum absolute atomic E-state index is 0.0864. The number of hydrogen-bond acceptors (Lipinski definition) is 6. The van der Waals surface area contributed by atoms with Crippen molar-refractivity contribution in [2.75, 3.05) is 25.6 Å². The third-order valence-corrected chi connectivity index (χ3v) is 4.43. The number of amides is 1. The summed E-state index contributed by atoms with van der Waals surface area (Å²) in [6.07, 6.45) is -3.21. The average Bonchev–Trinajstić information content (AvgIpc) is 3.06. The van der Waals surface area contributed by atoms with Crippen molar-refractivity contribution in [1.82, 2.24) is 4.98 Å². The van der Waals surface area contributed by atoms with E-state index in [1.165, 1.54) is 13.3 Å². The van der Waals surface area contributed by atoms with Gasteiger partial charge in [0.1, 0.15) is 22.2 Å². The van der Waals surface area contributed by atoms with E-state index < -0.39 is 17.6 Å². The molecule has 0 aliphatic carbocycles. The molecular formula is C16H18F3N3O3S. The van der Waals surface area contributed by atoms with Gasteiger partial charge >= 0.3 is 6.18 Å². The van der Waals surface area contributed by atoms with Crippen molar-refractivity contribution in [3.05, 3.63) is 39.8 Å². The smallest absolute Gasteiger partial charge is 0.416 e. The van der Waals surface area contributed by atoms with E-state index in [9.17, 15) is 18.0 Å². The molecule has 0 aliphatic heterocycles. The summed E-state index contributed by atoms with van der Waals surface area (Å²) in [7, 11) is 1.47. The Morgan fingerprint density at radius 3 is 2.69 bits per heavy atom. The summed E-state index contributed by atoms with van der Waals surface area (Å²) in [6, 6.07) is 2.53. The molecular weight excluding hydrogens is 371 g/mol. The molecule has 142 valence electrons. The van der Waals surface area contributed by atoms with E-state index in [1.54, 1.807) is 6.92 Å². The van der Waals surface area contributed by atoms with E-state index in [0.717, 1.165) is 29.5 Å². The predicted octanol–water partition coefficient (Wildman–Crippen LogP) is 3.46. The standard InChI is InChI=1S/C16H18F3N3O3S/c1-9(20)15-21-8-13(26-15)14(23)22-11-7-10(16(17,18)19)3-4-12(11)25-6-5-24-2/h3-4,7-9H,5-6,20H2,1-2H3,(H,22,23). The molecule has 1 heterocycles. The lowest BCUT2D eigenvalue weighted by atomic mass is 10.1. The Labute approximate surface area is 152 Å². The van der Waals surface area contributed by atoms with Crippen LogP contribution in [-0.4, -0.2) is 31.2 Å². The quantitative estimate of drug-likeness (QED) is 0.709. The van der Waals surface area contributed by atoms with Gasteiger partial charge in [-0.1, -0.05) is 0 Å². The van der Waals surface area contributed by atoms with Gasteiger partial charge in [-0.15, -0.1) is 11.3 Å². The number of methoxy groups -OCH3 is 1. The normalized spacial score (nSPS) is 12.7. The monoisotopic (exact) mass is 389 g/mol. The maximum Gasteiger partial charge on any atom is 0.416 e. The van der Waals surface area contributed by atoms with Crippen LogP contribution in [0.15, 0.2) is 24.4 Å². The van der Waals surface area contributed by atoms with E-state index in [0.29, 0.717) is 5.01 Å². The number of alkyl halides is 3. The van der Waals surface area contributed by atoms with Crippen LogP contribution in [0.25, 0.3) is 0 Å². The van der Waals surface area contributed by atoms with Crippen LogP contribution in [0, 0.1) is 0 Å². The highest BCUT2D eigenvalue weighted by Gasteiger charge is 2.31. The summed E-state index contributed by atoms with van der Waals surface area (Å²) in [5, 5.41) is 2.99. The van der Waals surface area contributed by atoms with Crippen LogP contribution in [0.5, 0.6) is 5.75 Å². The molecule has 0 spiro atoms. The van der Waals surface area contributed by atoms with Crippen molar-refractivity contribution in [2.45, 2.75) is 19.1 Å². The second-order valence-corrected chi connectivity index (χ2v) is 6.42. The molecule has 0 saturated carbocycles. The van der Waals surface area contributed by atoms with Gasteiger partial charge in [-0.05, 0) is 25.1 Å². The number of benzene rings is 1. The number of rotatable bonds is 7. The van der Waals surface area contributed by atoms with Crippen LogP contribution in [0.1, 0.15) is 33.2 Å². The van der Waals surface area contributed by atoms with Crippen LogP contribution in [-0.2, 0) is 10.9 Å². The highest BCUT2D eigenvalue weighted by Crippen LogP contribution is 2.35. The van der Waals surface area contributed by atoms with Crippen molar-refractivity contribution in [2.24, 2.45) is 5.73 Å². The molecule has 0 fully saturated rings. The highest BCUT2D eigenvalue weighted by molar-refractivity contribution is 7.13. The summed E-state index contributed by atoms with van der Waals surface area (Å²) in [5.41, 5.74) is 4.72. The Bertz CT molecular complexity index is 763. The van der Waals surface area contributed by atoms with E-state index in [4.69, 9.17) is 15.2 Å². The Hall–Kier alpha value is -2.17. The summed E-state index contributed by atoms with van der Waals surface area (Å²) in [5.74, 6) is -0.481. The lowest BCUT2D eigenvalue weighted by Crippen LogP contribution is -2.14. The molecule has 6 nitrogen and oxygen atoms in total. The van der Waals surface area contributed by atoms with Gasteiger partial charge in [0, 0.05) is 7.11 Å². The second-order valence-electron chi connectivity index (χ2n) is 5.36. The topological polar surface area (TPSA) is 86.5 Å². The first-order valence-corrected chi connectivity index (χ1v) is 8.39. The van der Waals surface area contributed by atoms with Gasteiger partial charge in [0.05, 0.1) is 30.1 Å². The maximum atomic E-state index is 13.0. The number of halogens is 3. The SMILES string of the molecule is COCCOc1ccc(C(F)(F)F)cc1NC(=O)c1cnc(C(C)N)s1. The minimum atomic E-state index is -4.54. The van der Waals surface area contributed by atoms with Gasteiger partial charge in [0.25, 0.3) is 5.91 Å². The number of aromatic nitrogens is 1. The van der Waals surface area contributed by atoms with Crippen molar-refractivity contribution in [1.29, 1.82) is 0 Å². The number of nitrogens with two attached hydrogens (primary N) is 1. The third kappa shape index (κ3) is 5.16. The molecule has 2 rings (SSSR count). The molecule has 1 aromatic carbocycles. The zero-order chi connectivity index (χ0) is 19.3. The van der Waals surface area contributed by atoms with E-state index in [1.807, 2.05) is 0 Å². The molecule has 0 aliphatic rings. The van der Waals surface area contributed by atoms with Crippen LogP contribution in [0.3, 0.4) is 0 Å². The van der Waals surface area contributed by atoms with Crippen molar-refractivity contribution < 1.29 is 27.4 Å². The number of nitrogens with one attached hydrogen (secondary N) is 1. The van der Waals surface area contributed by atoms with Crippen LogP contribution in [0.2, 0.25) is 0 Å². The minimum Gasteiger partial charge on any atom is -0.489 e. The number of anilines is 1. The summed E-state index contributed by atoms with van der Waals surface area (Å²) in [6.45, 7) is 2.09. The Morgan fingerprint density at radius 1 is 1.38 bits per heavy atom. The molecule has 10 heteroatoms. The molecule has 1 unspecified atom stereocenters. The maximum absolute atomic E-state index is 13.0. The lowest BCUT2D eigenvalue weighted by Gasteiger charge is -2.15. The molecule has 0 saturated heterocycles. The zero-order valence-corrected chi connectivity index (χ0v) is 14.9. The summed E-state index contributed by atoms with van der Waals surface area (Å²) >= 11 is 1.07. The van der Waals surface area contributed by atoms with Crippen LogP contribution < -0.4 is 15.8 Å². The molecule has 26 heavy (non-hydrogen) atoms. The number of ether oxygens (including phenoxy) is 2. The molecule has 0 radical (unpaired) electrons. The zero-order valence-electron chi connectivity index (χ0n) is 14.1. The van der Waals surface area contributed by atoms with Gasteiger partial charge in [-0.2, -0.15) is 13.2 Å². The number of carbonyl (C=O) groups excluding carboxylic acids is 1. The molecule has 0 bridgehead atoms. The van der Waals surface area contributed by atoms with Gasteiger partial charge in [-0.3, -0.25) is 4.79 Å². The number of hydrogen-bond donors (Lipinski definition) is 2. The second kappa shape index (κ2) is 8.47. The fraction of sp³-hybridized carbons (Fsp3) is 0.375. The molecule has 2 aromatic rings. The lowest BCUT2D eigenvalue weighted by molar-refractivity contribution is -0.137. The fourth-order valence-electron chi connectivity index (χ4n) is 1.95. The average molecular weight is 389 g/mol. The number of thiazole rings is 1. The first-order chi connectivity index (χ1) is 12.2. The molecule has 1 amide bonds. The third-order valence-electron chi connectivity index (χ3n) is 3.24. The van der Waals surface area contributed by atoms with Gasteiger partial charge in [-0.25, -0.2) is 4.98 Å². The van der Waals surface area contributed by atoms with E-state index in [-0.39, 0.29) is 35.6 Å². The Balaban J connectivity index is 2.26. The van der Waals surface area contributed by atoms with Crippen molar-refractivity contribution in [3.8, 4) is 5.75 Å². The molecule has 1 atom stereocenters. The number of carbonyl (C=O) groups is 1. The number of nitrogens with zero attached hydrogens (tertiary/aromatic N) is 1. The van der Waals surface area contributed by atoms with Crippen molar-refractivity contribution in [3.63, 3.8) is 0 Å². The summed E-state index contributed by atoms with van der Waals surface area (Å²) < 4.78 is 49.1. The van der Waals surface area contributed by atoms with Gasteiger partial charge in [0.15, 0.2) is 0 Å².